The van der Waals surface area contributed by atoms with Gasteiger partial charge < -0.3 is 9.30 Å². The first kappa shape index (κ1) is 12.4. The number of nitrogens with one attached hydrogen (secondary N) is 1. The normalized spacial score (nSPS) is 11.6. The highest BCUT2D eigenvalue weighted by molar-refractivity contribution is 5.89. The highest BCUT2D eigenvalue weighted by Gasteiger charge is 2.17. The zero-order valence-electron chi connectivity index (χ0n) is 11.0. The maximum absolute atomic E-state index is 11.7. The molecule has 0 unspecified atom stereocenters. The smallest absolute Gasteiger partial charge is 0.413 e. The number of fused-ring (bicyclic) bond motifs is 1. The Morgan fingerprint density at radius 2 is 2.17 bits per heavy atom. The molecule has 0 saturated carbocycles. The summed E-state index contributed by atoms with van der Waals surface area (Å²) >= 11 is 0. The lowest BCUT2D eigenvalue weighted by Gasteiger charge is -2.19. The van der Waals surface area contributed by atoms with E-state index in [0.29, 0.717) is 5.82 Å². The predicted molar refractivity (Wildman–Crippen MR) is 70.6 cm³/mol. The average molecular weight is 247 g/mol. The molecule has 2 heterocycles. The Bertz CT molecular complexity index is 581. The Balaban J connectivity index is 2.22. The van der Waals surface area contributed by atoms with Crippen LogP contribution in [-0.4, -0.2) is 21.2 Å². The van der Waals surface area contributed by atoms with Crippen LogP contribution in [0.4, 0.5) is 10.6 Å². The molecule has 0 atom stereocenters. The van der Waals surface area contributed by atoms with Crippen LogP contribution in [0.3, 0.4) is 0 Å². The summed E-state index contributed by atoms with van der Waals surface area (Å²) in [4.78, 5) is 15.9. The van der Waals surface area contributed by atoms with E-state index in [1.54, 1.807) is 6.20 Å². The Hall–Kier alpha value is -2.04. The van der Waals surface area contributed by atoms with Crippen LogP contribution < -0.4 is 5.32 Å². The van der Waals surface area contributed by atoms with Crippen molar-refractivity contribution < 1.29 is 9.53 Å². The van der Waals surface area contributed by atoms with Crippen LogP contribution in [-0.2, 0) is 11.8 Å². The van der Waals surface area contributed by atoms with Crippen LogP contribution >= 0.6 is 0 Å². The first-order chi connectivity index (χ1) is 8.37. The van der Waals surface area contributed by atoms with Crippen LogP contribution in [0.25, 0.3) is 11.0 Å². The van der Waals surface area contributed by atoms with Gasteiger partial charge in [-0.25, -0.2) is 4.79 Å². The van der Waals surface area contributed by atoms with Crippen molar-refractivity contribution >= 4 is 22.9 Å². The summed E-state index contributed by atoms with van der Waals surface area (Å²) < 4.78 is 7.08. The van der Waals surface area contributed by atoms with E-state index >= 15 is 0 Å². The Kier molecular flexibility index (Phi) is 2.98. The number of ether oxygens (including phenoxy) is 1. The Labute approximate surface area is 106 Å². The zero-order valence-corrected chi connectivity index (χ0v) is 11.0. The standard InChI is InChI=1S/C13H17N3O2/c1-13(2,3)18-12(17)15-11-8-9-10(16(11)4)6-5-7-14-9/h5-8H,1-4H3,(H,15,17). The molecule has 1 amide bonds. The number of aromatic nitrogens is 2. The molecule has 0 fully saturated rings. The molecule has 96 valence electrons. The lowest BCUT2D eigenvalue weighted by atomic mass is 10.2. The van der Waals surface area contributed by atoms with E-state index in [-0.39, 0.29) is 0 Å². The van der Waals surface area contributed by atoms with Gasteiger partial charge in [0.05, 0.1) is 11.0 Å². The quantitative estimate of drug-likeness (QED) is 0.843. The number of aryl methyl sites for hydroxylation is 1. The van der Waals surface area contributed by atoms with Crippen molar-refractivity contribution in [2.24, 2.45) is 7.05 Å². The van der Waals surface area contributed by atoms with E-state index < -0.39 is 11.7 Å². The summed E-state index contributed by atoms with van der Waals surface area (Å²) in [6.07, 6.45) is 1.26. The van der Waals surface area contributed by atoms with Crippen LogP contribution in [0.15, 0.2) is 24.4 Å². The SMILES string of the molecule is Cn1c(NC(=O)OC(C)(C)C)cc2ncccc21. The van der Waals surface area contributed by atoms with Crippen molar-refractivity contribution in [3.63, 3.8) is 0 Å². The molecule has 0 aliphatic heterocycles. The third-order valence-corrected chi connectivity index (χ3v) is 2.44. The summed E-state index contributed by atoms with van der Waals surface area (Å²) in [5.41, 5.74) is 1.29. The number of anilines is 1. The van der Waals surface area contributed by atoms with E-state index in [4.69, 9.17) is 4.74 Å². The van der Waals surface area contributed by atoms with Gasteiger partial charge in [0.25, 0.3) is 0 Å². The molecule has 0 aromatic carbocycles. The molecule has 0 bridgehead atoms. The monoisotopic (exact) mass is 247 g/mol. The first-order valence-corrected chi connectivity index (χ1v) is 5.77. The maximum atomic E-state index is 11.7. The molecule has 18 heavy (non-hydrogen) atoms. The van der Waals surface area contributed by atoms with Gasteiger partial charge in [-0.2, -0.15) is 0 Å². The van der Waals surface area contributed by atoms with E-state index in [1.165, 1.54) is 0 Å². The van der Waals surface area contributed by atoms with Gasteiger partial charge in [-0.05, 0) is 32.9 Å². The van der Waals surface area contributed by atoms with E-state index in [2.05, 4.69) is 10.3 Å². The first-order valence-electron chi connectivity index (χ1n) is 5.77. The number of amides is 1. The van der Waals surface area contributed by atoms with Gasteiger partial charge in [0.15, 0.2) is 0 Å². The van der Waals surface area contributed by atoms with Crippen LogP contribution in [0.1, 0.15) is 20.8 Å². The van der Waals surface area contributed by atoms with Crippen LogP contribution in [0, 0.1) is 0 Å². The number of nitrogens with zero attached hydrogens (tertiary/aromatic N) is 2. The molecule has 0 aliphatic rings. The second-order valence-electron chi connectivity index (χ2n) is 5.12. The zero-order chi connectivity index (χ0) is 13.3. The van der Waals surface area contributed by atoms with Gasteiger partial charge in [-0.15, -0.1) is 0 Å². The fourth-order valence-electron chi connectivity index (χ4n) is 1.69. The van der Waals surface area contributed by atoms with Gasteiger partial charge >= 0.3 is 6.09 Å². The summed E-state index contributed by atoms with van der Waals surface area (Å²) in [5, 5.41) is 2.72. The molecule has 0 aliphatic carbocycles. The van der Waals surface area contributed by atoms with Crippen molar-refractivity contribution in [3.8, 4) is 0 Å². The minimum Gasteiger partial charge on any atom is -0.444 e. The predicted octanol–water partition coefficient (Wildman–Crippen LogP) is 2.92. The molecule has 5 nitrogen and oxygen atoms in total. The minimum atomic E-state index is -0.507. The molecular weight excluding hydrogens is 230 g/mol. The number of hydrogen-bond donors (Lipinski definition) is 1. The van der Waals surface area contributed by atoms with Crippen molar-refractivity contribution in [2.45, 2.75) is 26.4 Å². The fourth-order valence-corrected chi connectivity index (χ4v) is 1.69. The molecule has 0 spiro atoms. The summed E-state index contributed by atoms with van der Waals surface area (Å²) in [5.74, 6) is 0.665. The molecule has 0 radical (unpaired) electrons. The van der Waals surface area contributed by atoms with Gasteiger partial charge in [0, 0.05) is 19.3 Å². The highest BCUT2D eigenvalue weighted by Crippen LogP contribution is 2.20. The van der Waals surface area contributed by atoms with E-state index in [9.17, 15) is 4.79 Å². The molecule has 5 heteroatoms. The lowest BCUT2D eigenvalue weighted by molar-refractivity contribution is 0.0635. The largest absolute Gasteiger partial charge is 0.444 e. The molecule has 2 aromatic rings. The van der Waals surface area contributed by atoms with Crippen LogP contribution in [0.5, 0.6) is 0 Å². The van der Waals surface area contributed by atoms with Gasteiger partial charge in [-0.1, -0.05) is 0 Å². The summed E-state index contributed by atoms with van der Waals surface area (Å²) in [7, 11) is 1.87. The van der Waals surface area contributed by atoms with Gasteiger partial charge in [0.2, 0.25) is 0 Å². The number of carbonyl (C=O) groups is 1. The number of carbonyl (C=O) groups excluding carboxylic acids is 1. The highest BCUT2D eigenvalue weighted by atomic mass is 16.6. The summed E-state index contributed by atoms with van der Waals surface area (Å²) in [6.45, 7) is 5.49. The van der Waals surface area contributed by atoms with Crippen molar-refractivity contribution in [3.05, 3.63) is 24.4 Å². The molecule has 1 N–H and O–H groups in total. The van der Waals surface area contributed by atoms with Gasteiger partial charge in [-0.3, -0.25) is 10.3 Å². The third kappa shape index (κ3) is 2.61. The van der Waals surface area contributed by atoms with E-state index in [0.717, 1.165) is 11.0 Å². The van der Waals surface area contributed by atoms with Crippen molar-refractivity contribution in [1.82, 2.24) is 9.55 Å². The second-order valence-corrected chi connectivity index (χ2v) is 5.12. The van der Waals surface area contributed by atoms with Gasteiger partial charge in [0.1, 0.15) is 11.4 Å². The topological polar surface area (TPSA) is 56.2 Å². The van der Waals surface area contributed by atoms with Crippen molar-refractivity contribution in [2.75, 3.05) is 5.32 Å². The molecule has 2 rings (SSSR count). The third-order valence-electron chi connectivity index (χ3n) is 2.44. The summed E-state index contributed by atoms with van der Waals surface area (Å²) in [6, 6.07) is 5.63. The maximum Gasteiger partial charge on any atom is 0.413 e. The fraction of sp³-hybridized carbons (Fsp3) is 0.385. The minimum absolute atomic E-state index is 0.464. The number of pyridine rings is 1. The molecule has 0 saturated heterocycles. The Morgan fingerprint density at radius 3 is 2.78 bits per heavy atom. The lowest BCUT2D eigenvalue weighted by Crippen LogP contribution is -2.27. The average Bonchev–Trinajstić information content (AvgIpc) is 2.54. The second kappa shape index (κ2) is 4.33. The molecular formula is C13H17N3O2. The number of rotatable bonds is 1. The van der Waals surface area contributed by atoms with Crippen LogP contribution in [0.2, 0.25) is 0 Å². The Morgan fingerprint density at radius 1 is 1.44 bits per heavy atom. The number of hydrogen-bond acceptors (Lipinski definition) is 3. The van der Waals surface area contributed by atoms with E-state index in [1.807, 2.05) is 50.6 Å². The van der Waals surface area contributed by atoms with Crippen molar-refractivity contribution in [1.29, 1.82) is 0 Å². The molecule has 2 aromatic heterocycles.